The molecule has 3 nitrogen and oxygen atoms in total. The second-order valence-electron chi connectivity index (χ2n) is 3.83. The van der Waals surface area contributed by atoms with Gasteiger partial charge in [-0.15, -0.1) is 0 Å². The molecule has 0 aliphatic carbocycles. The lowest BCUT2D eigenvalue weighted by molar-refractivity contribution is 0.0470. The van der Waals surface area contributed by atoms with Gasteiger partial charge in [-0.3, -0.25) is 0 Å². The summed E-state index contributed by atoms with van der Waals surface area (Å²) < 4.78 is 10.5. The highest BCUT2D eigenvalue weighted by Crippen LogP contribution is 2.28. The van der Waals surface area contributed by atoms with E-state index in [1.807, 2.05) is 13.8 Å². The smallest absolute Gasteiger partial charge is 0.374 e. The van der Waals surface area contributed by atoms with Crippen LogP contribution in [0.1, 0.15) is 29.5 Å². The Bertz CT molecular complexity index is 557. The van der Waals surface area contributed by atoms with E-state index >= 15 is 0 Å². The Kier molecular flexibility index (Phi) is 3.38. The van der Waals surface area contributed by atoms with Crippen molar-refractivity contribution in [1.82, 2.24) is 0 Å². The molecular weight excluding hydrogens is 240 g/mol. The first kappa shape index (κ1) is 12.0. The fourth-order valence-corrected chi connectivity index (χ4v) is 1.82. The van der Waals surface area contributed by atoms with Gasteiger partial charge in [-0.1, -0.05) is 18.5 Å². The molecule has 4 heteroatoms. The number of aryl methyl sites for hydroxylation is 1. The summed E-state index contributed by atoms with van der Waals surface area (Å²) in [6, 6.07) is 5.27. The van der Waals surface area contributed by atoms with Crippen LogP contribution in [0.25, 0.3) is 11.0 Å². The molecular formula is C13H13ClO3. The van der Waals surface area contributed by atoms with Crippen LogP contribution in [0.4, 0.5) is 0 Å². The van der Waals surface area contributed by atoms with E-state index in [1.165, 1.54) is 0 Å². The van der Waals surface area contributed by atoms with Crippen LogP contribution in [0.5, 0.6) is 0 Å². The van der Waals surface area contributed by atoms with Crippen molar-refractivity contribution in [1.29, 1.82) is 0 Å². The van der Waals surface area contributed by atoms with Crippen molar-refractivity contribution in [3.8, 4) is 0 Å². The van der Waals surface area contributed by atoms with Crippen molar-refractivity contribution in [3.05, 3.63) is 34.5 Å². The van der Waals surface area contributed by atoms with Crippen molar-refractivity contribution < 1.29 is 13.9 Å². The van der Waals surface area contributed by atoms with Crippen LogP contribution in [0, 0.1) is 6.92 Å². The third kappa shape index (κ3) is 2.29. The van der Waals surface area contributed by atoms with Gasteiger partial charge < -0.3 is 9.15 Å². The lowest BCUT2D eigenvalue weighted by Crippen LogP contribution is -2.05. The van der Waals surface area contributed by atoms with E-state index in [0.29, 0.717) is 17.2 Å². The van der Waals surface area contributed by atoms with Crippen LogP contribution >= 0.6 is 11.6 Å². The summed E-state index contributed by atoms with van der Waals surface area (Å²) in [5, 5.41) is 1.47. The van der Waals surface area contributed by atoms with Gasteiger partial charge in [0, 0.05) is 16.0 Å². The molecule has 0 fully saturated rings. The van der Waals surface area contributed by atoms with Gasteiger partial charge >= 0.3 is 5.97 Å². The first-order chi connectivity index (χ1) is 8.13. The number of benzene rings is 1. The summed E-state index contributed by atoms with van der Waals surface area (Å²) >= 11 is 5.91. The van der Waals surface area contributed by atoms with Gasteiger partial charge in [0.25, 0.3) is 0 Å². The Morgan fingerprint density at radius 2 is 2.24 bits per heavy atom. The number of hydrogen-bond donors (Lipinski definition) is 0. The molecule has 2 aromatic rings. The fraction of sp³-hybridized carbons (Fsp3) is 0.308. The predicted molar refractivity (Wildman–Crippen MR) is 66.5 cm³/mol. The molecule has 0 aliphatic heterocycles. The highest BCUT2D eigenvalue weighted by atomic mass is 35.5. The number of carbonyl (C=O) groups excluding carboxylic acids is 1. The molecule has 0 aliphatic rings. The van der Waals surface area contributed by atoms with Gasteiger partial charge in [0.05, 0.1) is 6.61 Å². The zero-order valence-electron chi connectivity index (χ0n) is 9.75. The number of carbonyl (C=O) groups is 1. The number of rotatable bonds is 3. The van der Waals surface area contributed by atoms with E-state index in [9.17, 15) is 4.79 Å². The summed E-state index contributed by atoms with van der Waals surface area (Å²) in [7, 11) is 0. The fourth-order valence-electron chi connectivity index (χ4n) is 1.65. The van der Waals surface area contributed by atoms with Crippen molar-refractivity contribution in [2.24, 2.45) is 0 Å². The van der Waals surface area contributed by atoms with Crippen LogP contribution < -0.4 is 0 Å². The second-order valence-corrected chi connectivity index (χ2v) is 4.27. The monoisotopic (exact) mass is 252 g/mol. The summed E-state index contributed by atoms with van der Waals surface area (Å²) in [4.78, 5) is 11.7. The molecule has 0 bridgehead atoms. The zero-order valence-corrected chi connectivity index (χ0v) is 10.5. The summed E-state index contributed by atoms with van der Waals surface area (Å²) in [5.74, 6) is -0.160. The van der Waals surface area contributed by atoms with E-state index in [1.54, 1.807) is 18.2 Å². The molecule has 0 radical (unpaired) electrons. The Labute approximate surface area is 104 Å². The van der Waals surface area contributed by atoms with Crippen molar-refractivity contribution in [2.75, 3.05) is 6.61 Å². The third-order valence-corrected chi connectivity index (χ3v) is 2.76. The van der Waals surface area contributed by atoms with Crippen molar-refractivity contribution in [3.63, 3.8) is 0 Å². The lowest BCUT2D eigenvalue weighted by atomic mass is 10.1. The van der Waals surface area contributed by atoms with Gasteiger partial charge in [-0.2, -0.15) is 0 Å². The lowest BCUT2D eigenvalue weighted by Gasteiger charge is -2.00. The van der Waals surface area contributed by atoms with Crippen LogP contribution in [-0.2, 0) is 4.74 Å². The maximum absolute atomic E-state index is 11.7. The molecule has 0 saturated carbocycles. The molecule has 1 aromatic carbocycles. The summed E-state index contributed by atoms with van der Waals surface area (Å²) in [6.07, 6.45) is 0.789. The van der Waals surface area contributed by atoms with E-state index in [0.717, 1.165) is 17.4 Å². The maximum atomic E-state index is 11.7. The Morgan fingerprint density at radius 1 is 1.47 bits per heavy atom. The maximum Gasteiger partial charge on any atom is 0.374 e. The Hall–Kier alpha value is -1.48. The molecule has 2 rings (SSSR count). The minimum atomic E-state index is -0.420. The summed E-state index contributed by atoms with van der Waals surface area (Å²) in [5.41, 5.74) is 1.42. The predicted octanol–water partition coefficient (Wildman–Crippen LogP) is 3.96. The second kappa shape index (κ2) is 4.80. The van der Waals surface area contributed by atoms with Gasteiger partial charge in [0.1, 0.15) is 5.58 Å². The minimum Gasteiger partial charge on any atom is -0.460 e. The van der Waals surface area contributed by atoms with Crippen LogP contribution in [0.3, 0.4) is 0 Å². The number of halogens is 1. The number of ether oxygens (including phenoxy) is 1. The van der Waals surface area contributed by atoms with E-state index in [4.69, 9.17) is 20.8 Å². The molecule has 1 heterocycles. The molecule has 1 aromatic heterocycles. The molecule has 0 atom stereocenters. The van der Waals surface area contributed by atoms with Crippen LogP contribution in [-0.4, -0.2) is 12.6 Å². The zero-order chi connectivity index (χ0) is 12.4. The number of hydrogen-bond acceptors (Lipinski definition) is 3. The Balaban J connectivity index is 2.42. The van der Waals surface area contributed by atoms with E-state index in [-0.39, 0.29) is 5.76 Å². The quantitative estimate of drug-likeness (QED) is 0.776. The van der Waals surface area contributed by atoms with Crippen LogP contribution in [0.15, 0.2) is 22.6 Å². The number of fused-ring (bicyclic) bond motifs is 1. The number of furan rings is 1. The standard InChI is InChI=1S/C13H13ClO3/c1-3-6-16-13(15)12-8(2)10-7-9(14)4-5-11(10)17-12/h4-5,7H,3,6H2,1-2H3. The third-order valence-electron chi connectivity index (χ3n) is 2.52. The van der Waals surface area contributed by atoms with Gasteiger partial charge in [-0.05, 0) is 31.5 Å². The average Bonchev–Trinajstić information content (AvgIpc) is 2.64. The molecule has 0 saturated heterocycles. The van der Waals surface area contributed by atoms with Gasteiger partial charge in [0.2, 0.25) is 5.76 Å². The normalized spacial score (nSPS) is 10.8. The molecule has 17 heavy (non-hydrogen) atoms. The Morgan fingerprint density at radius 3 is 2.94 bits per heavy atom. The highest BCUT2D eigenvalue weighted by molar-refractivity contribution is 6.31. The summed E-state index contributed by atoms with van der Waals surface area (Å²) in [6.45, 7) is 4.17. The average molecular weight is 253 g/mol. The van der Waals surface area contributed by atoms with Crippen molar-refractivity contribution in [2.45, 2.75) is 20.3 Å². The van der Waals surface area contributed by atoms with Crippen molar-refractivity contribution >= 4 is 28.5 Å². The topological polar surface area (TPSA) is 39.4 Å². The van der Waals surface area contributed by atoms with E-state index in [2.05, 4.69) is 0 Å². The minimum absolute atomic E-state index is 0.260. The van der Waals surface area contributed by atoms with E-state index < -0.39 is 5.97 Å². The molecule has 0 spiro atoms. The van der Waals surface area contributed by atoms with Gasteiger partial charge in [0.15, 0.2) is 0 Å². The molecule has 0 unspecified atom stereocenters. The first-order valence-electron chi connectivity index (χ1n) is 5.49. The highest BCUT2D eigenvalue weighted by Gasteiger charge is 2.18. The molecule has 0 N–H and O–H groups in total. The molecule has 90 valence electrons. The molecule has 0 amide bonds. The largest absolute Gasteiger partial charge is 0.460 e. The SMILES string of the molecule is CCCOC(=O)c1oc2ccc(Cl)cc2c1C. The van der Waals surface area contributed by atoms with Gasteiger partial charge in [-0.25, -0.2) is 4.79 Å². The van der Waals surface area contributed by atoms with Crippen LogP contribution in [0.2, 0.25) is 5.02 Å². The first-order valence-corrected chi connectivity index (χ1v) is 5.87. The number of esters is 1.